The summed E-state index contributed by atoms with van der Waals surface area (Å²) in [5, 5.41) is 1.94. The van der Waals surface area contributed by atoms with E-state index in [4.69, 9.17) is 0 Å². The Morgan fingerprint density at radius 1 is 1.60 bits per heavy atom. The topological polar surface area (TPSA) is 63.5 Å². The van der Waals surface area contributed by atoms with E-state index in [9.17, 15) is 8.42 Å². The van der Waals surface area contributed by atoms with Crippen LogP contribution in [0.15, 0.2) is 17.8 Å². The number of nitrogens with one attached hydrogen (secondary N) is 1. The average molecular weight is 245 g/mol. The molecule has 2 heterocycles. The number of hydrogen-bond donors (Lipinski definition) is 1. The first-order valence-electron chi connectivity index (χ1n) is 4.35. The Hall–Kier alpha value is -0.920. The van der Waals surface area contributed by atoms with Crippen LogP contribution in [0.25, 0.3) is 4.83 Å². The van der Waals surface area contributed by atoms with Crippen LogP contribution < -0.4 is 4.72 Å². The first kappa shape index (κ1) is 10.6. The Morgan fingerprint density at radius 2 is 2.33 bits per heavy atom. The van der Waals surface area contributed by atoms with Crippen LogP contribution in [-0.4, -0.2) is 24.1 Å². The van der Waals surface area contributed by atoms with Crippen molar-refractivity contribution in [2.45, 2.75) is 13.0 Å². The molecular weight excluding hydrogens is 234 g/mol. The van der Waals surface area contributed by atoms with E-state index in [-0.39, 0.29) is 6.04 Å². The molecule has 0 aliphatic heterocycles. The van der Waals surface area contributed by atoms with Crippen LogP contribution in [-0.2, 0) is 10.0 Å². The van der Waals surface area contributed by atoms with Crippen molar-refractivity contribution < 1.29 is 8.42 Å². The van der Waals surface area contributed by atoms with Crippen LogP contribution in [0.2, 0.25) is 0 Å². The Morgan fingerprint density at radius 3 is 3.00 bits per heavy atom. The maximum absolute atomic E-state index is 11.1. The molecule has 1 atom stereocenters. The molecule has 0 unspecified atom stereocenters. The van der Waals surface area contributed by atoms with Gasteiger partial charge in [-0.2, -0.15) is 0 Å². The molecule has 0 saturated carbocycles. The molecule has 0 spiro atoms. The molecule has 0 bridgehead atoms. The third-order valence-electron chi connectivity index (χ3n) is 1.97. The third-order valence-corrected chi connectivity index (χ3v) is 3.55. The summed E-state index contributed by atoms with van der Waals surface area (Å²) in [5.74, 6) is 0.705. The van der Waals surface area contributed by atoms with Gasteiger partial charge >= 0.3 is 0 Å². The fraction of sp³-hybridized carbons (Fsp3) is 0.375. The lowest BCUT2D eigenvalue weighted by molar-refractivity contribution is 0.565. The van der Waals surface area contributed by atoms with E-state index in [1.165, 1.54) is 0 Å². The number of aromatic nitrogens is 2. The van der Waals surface area contributed by atoms with Gasteiger partial charge in [-0.05, 0) is 6.92 Å². The normalized spacial score (nSPS) is 14.5. The van der Waals surface area contributed by atoms with Crippen molar-refractivity contribution in [3.05, 3.63) is 23.6 Å². The number of sulfonamides is 1. The SMILES string of the molecule is C[C@@H](NS(C)(=O)=O)c1ncc2sccn12. The quantitative estimate of drug-likeness (QED) is 0.877. The summed E-state index contributed by atoms with van der Waals surface area (Å²) < 4.78 is 26.5. The van der Waals surface area contributed by atoms with Gasteiger partial charge in [0.1, 0.15) is 10.7 Å². The van der Waals surface area contributed by atoms with E-state index in [0.29, 0.717) is 5.82 Å². The summed E-state index contributed by atoms with van der Waals surface area (Å²) in [6, 6.07) is -0.322. The summed E-state index contributed by atoms with van der Waals surface area (Å²) in [5.41, 5.74) is 0. The van der Waals surface area contributed by atoms with Crippen LogP contribution in [0.3, 0.4) is 0 Å². The molecule has 0 aliphatic rings. The van der Waals surface area contributed by atoms with Gasteiger partial charge in [-0.15, -0.1) is 11.3 Å². The Labute approximate surface area is 91.8 Å². The van der Waals surface area contributed by atoms with Crippen molar-refractivity contribution in [1.82, 2.24) is 14.1 Å². The van der Waals surface area contributed by atoms with E-state index in [0.717, 1.165) is 11.1 Å². The van der Waals surface area contributed by atoms with Gasteiger partial charge < -0.3 is 0 Å². The largest absolute Gasteiger partial charge is 0.293 e. The molecular formula is C8H11N3O2S2. The molecule has 0 fully saturated rings. The highest BCUT2D eigenvalue weighted by Crippen LogP contribution is 2.18. The van der Waals surface area contributed by atoms with Gasteiger partial charge in [0.15, 0.2) is 0 Å². The number of thiazole rings is 1. The van der Waals surface area contributed by atoms with Crippen molar-refractivity contribution in [3.63, 3.8) is 0 Å². The third kappa shape index (κ3) is 2.19. The van der Waals surface area contributed by atoms with Crippen LogP contribution >= 0.6 is 11.3 Å². The highest BCUT2D eigenvalue weighted by Gasteiger charge is 2.15. The van der Waals surface area contributed by atoms with E-state index in [2.05, 4.69) is 9.71 Å². The average Bonchev–Trinajstić information content (AvgIpc) is 2.57. The van der Waals surface area contributed by atoms with Gasteiger partial charge in [0.25, 0.3) is 0 Å². The minimum Gasteiger partial charge on any atom is -0.293 e. The van der Waals surface area contributed by atoms with Crippen molar-refractivity contribution in [2.24, 2.45) is 0 Å². The highest BCUT2D eigenvalue weighted by molar-refractivity contribution is 7.88. The molecule has 0 saturated heterocycles. The van der Waals surface area contributed by atoms with Gasteiger partial charge in [0.2, 0.25) is 10.0 Å². The van der Waals surface area contributed by atoms with Crippen molar-refractivity contribution in [3.8, 4) is 0 Å². The molecule has 2 rings (SSSR count). The zero-order valence-corrected chi connectivity index (χ0v) is 9.97. The molecule has 0 radical (unpaired) electrons. The number of rotatable bonds is 3. The van der Waals surface area contributed by atoms with Crippen molar-refractivity contribution in [2.75, 3.05) is 6.26 Å². The van der Waals surface area contributed by atoms with Crippen LogP contribution in [0.5, 0.6) is 0 Å². The van der Waals surface area contributed by atoms with Crippen molar-refractivity contribution >= 4 is 26.2 Å². The lowest BCUT2D eigenvalue weighted by atomic mass is 10.3. The van der Waals surface area contributed by atoms with Crippen LogP contribution in [0.1, 0.15) is 18.8 Å². The molecule has 2 aromatic rings. The second-order valence-electron chi connectivity index (χ2n) is 3.34. The minimum atomic E-state index is -3.20. The van der Waals surface area contributed by atoms with Gasteiger partial charge in [-0.3, -0.25) is 4.40 Å². The summed E-state index contributed by atoms with van der Waals surface area (Å²) in [6.45, 7) is 1.77. The first-order valence-corrected chi connectivity index (χ1v) is 7.12. The molecule has 5 nitrogen and oxygen atoms in total. The summed E-state index contributed by atoms with van der Waals surface area (Å²) in [4.78, 5) is 5.19. The predicted octanol–water partition coefficient (Wildman–Crippen LogP) is 1.01. The number of hydrogen-bond acceptors (Lipinski definition) is 4. The summed E-state index contributed by atoms with van der Waals surface area (Å²) >= 11 is 1.57. The van der Waals surface area contributed by atoms with Crippen LogP contribution in [0.4, 0.5) is 0 Å². The summed E-state index contributed by atoms with van der Waals surface area (Å²) in [6.07, 6.45) is 4.76. The minimum absolute atomic E-state index is 0.322. The number of nitrogens with zero attached hydrogens (tertiary/aromatic N) is 2. The molecule has 0 aromatic carbocycles. The zero-order chi connectivity index (χ0) is 11.1. The fourth-order valence-corrected chi connectivity index (χ4v) is 2.90. The monoisotopic (exact) mass is 245 g/mol. The molecule has 0 amide bonds. The molecule has 0 aliphatic carbocycles. The van der Waals surface area contributed by atoms with Crippen molar-refractivity contribution in [1.29, 1.82) is 0 Å². The Kier molecular flexibility index (Phi) is 2.53. The van der Waals surface area contributed by atoms with E-state index in [1.807, 2.05) is 16.0 Å². The molecule has 82 valence electrons. The van der Waals surface area contributed by atoms with E-state index in [1.54, 1.807) is 24.5 Å². The highest BCUT2D eigenvalue weighted by atomic mass is 32.2. The number of imidazole rings is 1. The molecule has 2 aromatic heterocycles. The molecule has 7 heteroatoms. The second-order valence-corrected chi connectivity index (χ2v) is 6.05. The van der Waals surface area contributed by atoms with Gasteiger partial charge in [-0.1, -0.05) is 0 Å². The molecule has 1 N–H and O–H groups in total. The Balaban J connectivity index is 2.35. The lowest BCUT2D eigenvalue weighted by Crippen LogP contribution is -2.26. The number of fused-ring (bicyclic) bond motifs is 1. The van der Waals surface area contributed by atoms with Gasteiger partial charge in [0, 0.05) is 11.6 Å². The zero-order valence-electron chi connectivity index (χ0n) is 8.34. The standard InChI is InChI=1S/C8H11N3O2S2/c1-6(10-15(2,12)13)8-9-5-7-11(8)3-4-14-7/h3-6,10H,1-2H3/t6-/m1/s1. The Bertz CT molecular complexity index is 569. The maximum Gasteiger partial charge on any atom is 0.209 e. The fourth-order valence-electron chi connectivity index (χ4n) is 1.45. The maximum atomic E-state index is 11.1. The lowest BCUT2D eigenvalue weighted by Gasteiger charge is -2.09. The summed E-state index contributed by atoms with van der Waals surface area (Å²) in [7, 11) is -3.20. The molecule has 15 heavy (non-hydrogen) atoms. The van der Waals surface area contributed by atoms with E-state index >= 15 is 0 Å². The second kappa shape index (κ2) is 3.58. The van der Waals surface area contributed by atoms with Crippen LogP contribution in [0, 0.1) is 0 Å². The van der Waals surface area contributed by atoms with E-state index < -0.39 is 10.0 Å². The van der Waals surface area contributed by atoms with Gasteiger partial charge in [-0.25, -0.2) is 18.1 Å². The van der Waals surface area contributed by atoms with Gasteiger partial charge in [0.05, 0.1) is 18.5 Å². The smallest absolute Gasteiger partial charge is 0.209 e. The predicted molar refractivity (Wildman–Crippen MR) is 59.5 cm³/mol. The first-order chi connectivity index (χ1) is 6.97.